The van der Waals surface area contributed by atoms with E-state index >= 15 is 0 Å². The molecular formula is C15H14N2S. The van der Waals surface area contributed by atoms with Gasteiger partial charge in [-0.25, -0.2) is 0 Å². The Kier molecular flexibility index (Phi) is 4.77. The Balaban J connectivity index is 3.33. The molecule has 0 aliphatic heterocycles. The van der Waals surface area contributed by atoms with Gasteiger partial charge >= 0.3 is 0 Å². The molecule has 0 N–H and O–H groups in total. The molecule has 0 spiro atoms. The predicted molar refractivity (Wildman–Crippen MR) is 76.4 cm³/mol. The summed E-state index contributed by atoms with van der Waals surface area (Å²) in [4.78, 5) is 0. The molecule has 90 valence electrons. The van der Waals surface area contributed by atoms with Crippen LogP contribution in [0.25, 0.3) is 5.57 Å². The average molecular weight is 254 g/mol. The minimum Gasteiger partial charge on any atom is -0.196 e. The van der Waals surface area contributed by atoms with Crippen molar-refractivity contribution < 1.29 is 0 Å². The van der Waals surface area contributed by atoms with Gasteiger partial charge in [0.1, 0.15) is 0 Å². The molecule has 0 aliphatic rings. The minimum absolute atomic E-state index is 0.524. The summed E-state index contributed by atoms with van der Waals surface area (Å²) >= 11 is 1.47. The van der Waals surface area contributed by atoms with Crippen molar-refractivity contribution in [2.24, 2.45) is 5.41 Å². The van der Waals surface area contributed by atoms with Crippen molar-refractivity contribution in [1.82, 2.24) is 0 Å². The van der Waals surface area contributed by atoms with E-state index in [0.29, 0.717) is 11.1 Å². The van der Waals surface area contributed by atoms with Crippen LogP contribution in [0.5, 0.6) is 0 Å². The number of nitriles is 2. The molecule has 0 radical (unpaired) electrons. The van der Waals surface area contributed by atoms with E-state index in [1.54, 1.807) is 6.92 Å². The summed E-state index contributed by atoms with van der Waals surface area (Å²) in [5.41, 5.74) is 0.754. The van der Waals surface area contributed by atoms with Gasteiger partial charge < -0.3 is 0 Å². The Bertz CT molecular complexity index is 530. The Hall–Kier alpha value is -1.97. The highest BCUT2D eigenvalue weighted by molar-refractivity contribution is 8.01. The molecule has 1 aromatic carbocycles. The molecule has 0 saturated heterocycles. The van der Waals surface area contributed by atoms with E-state index in [4.69, 9.17) is 0 Å². The van der Waals surface area contributed by atoms with E-state index in [9.17, 15) is 10.5 Å². The summed E-state index contributed by atoms with van der Waals surface area (Å²) < 4.78 is 0. The zero-order chi connectivity index (χ0) is 13.6. The summed E-state index contributed by atoms with van der Waals surface area (Å²) in [5, 5.41) is 20.7. The molecular weight excluding hydrogens is 240 g/mol. The van der Waals surface area contributed by atoms with Crippen molar-refractivity contribution in [1.29, 1.82) is 10.5 Å². The molecule has 18 heavy (non-hydrogen) atoms. The summed E-state index contributed by atoms with van der Waals surface area (Å²) in [6, 6.07) is 13.6. The highest BCUT2D eigenvalue weighted by Gasteiger charge is 2.36. The summed E-state index contributed by atoms with van der Waals surface area (Å²) in [6.45, 7) is 5.74. The van der Waals surface area contributed by atoms with Crippen LogP contribution in [0.1, 0.15) is 12.5 Å². The lowest BCUT2D eigenvalue weighted by atomic mass is 9.75. The molecule has 0 unspecified atom stereocenters. The maximum atomic E-state index is 9.42. The topological polar surface area (TPSA) is 47.6 Å². The van der Waals surface area contributed by atoms with Crippen molar-refractivity contribution in [3.05, 3.63) is 53.5 Å². The second-order valence-corrected chi connectivity index (χ2v) is 4.56. The van der Waals surface area contributed by atoms with Gasteiger partial charge in [-0.3, -0.25) is 0 Å². The molecule has 0 aliphatic carbocycles. The van der Waals surface area contributed by atoms with Crippen molar-refractivity contribution in [2.75, 3.05) is 6.26 Å². The minimum atomic E-state index is -1.29. The van der Waals surface area contributed by atoms with E-state index < -0.39 is 5.41 Å². The summed E-state index contributed by atoms with van der Waals surface area (Å²) in [6.07, 6.45) is 1.90. The third kappa shape index (κ3) is 2.47. The Morgan fingerprint density at radius 2 is 1.83 bits per heavy atom. The first-order valence-corrected chi connectivity index (χ1v) is 6.68. The van der Waals surface area contributed by atoms with Crippen molar-refractivity contribution >= 4 is 17.3 Å². The van der Waals surface area contributed by atoms with Crippen LogP contribution in [-0.4, -0.2) is 6.26 Å². The third-order valence-electron chi connectivity index (χ3n) is 2.80. The van der Waals surface area contributed by atoms with Gasteiger partial charge in [-0.2, -0.15) is 10.5 Å². The van der Waals surface area contributed by atoms with Gasteiger partial charge in [0, 0.05) is 0 Å². The SMILES string of the molecule is C=C(c1ccccc1)C(C#N)(C#N)C(C)=CSC. The quantitative estimate of drug-likeness (QED) is 0.816. The molecule has 2 nitrogen and oxygen atoms in total. The summed E-state index contributed by atoms with van der Waals surface area (Å²) in [5.74, 6) is 0. The van der Waals surface area contributed by atoms with Gasteiger partial charge in [0.15, 0.2) is 5.41 Å². The van der Waals surface area contributed by atoms with Gasteiger partial charge in [-0.05, 0) is 35.3 Å². The van der Waals surface area contributed by atoms with Crippen LogP contribution in [-0.2, 0) is 0 Å². The Labute approximate surface area is 112 Å². The van der Waals surface area contributed by atoms with Crippen molar-refractivity contribution in [3.63, 3.8) is 0 Å². The molecule has 1 rings (SSSR count). The Morgan fingerprint density at radius 1 is 1.28 bits per heavy atom. The number of benzene rings is 1. The first-order valence-electron chi connectivity index (χ1n) is 5.39. The largest absolute Gasteiger partial charge is 0.196 e. The second kappa shape index (κ2) is 6.10. The molecule has 0 bridgehead atoms. The van der Waals surface area contributed by atoms with Crippen LogP contribution in [0, 0.1) is 28.1 Å². The molecule has 0 saturated carbocycles. The molecule has 0 amide bonds. The van der Waals surface area contributed by atoms with Crippen LogP contribution in [0.4, 0.5) is 0 Å². The first kappa shape index (κ1) is 14.1. The maximum Gasteiger partial charge on any atom is 0.190 e. The third-order valence-corrected chi connectivity index (χ3v) is 3.39. The van der Waals surface area contributed by atoms with Crippen molar-refractivity contribution in [3.8, 4) is 12.1 Å². The van der Waals surface area contributed by atoms with Gasteiger partial charge in [-0.15, -0.1) is 11.8 Å². The van der Waals surface area contributed by atoms with Gasteiger partial charge in [-0.1, -0.05) is 36.9 Å². The number of allylic oxidation sites excluding steroid dienone is 2. The lowest BCUT2D eigenvalue weighted by molar-refractivity contribution is 0.817. The van der Waals surface area contributed by atoms with E-state index in [2.05, 4.69) is 18.7 Å². The van der Waals surface area contributed by atoms with E-state index in [1.165, 1.54) is 11.8 Å². The Morgan fingerprint density at radius 3 is 2.28 bits per heavy atom. The standard InChI is InChI=1S/C15H14N2S/c1-12(9-18-3)15(10-16,11-17)13(2)14-7-5-4-6-8-14/h4-9H,2H2,1,3H3. The predicted octanol–water partition coefficient (Wildman–Crippen LogP) is 4.00. The fourth-order valence-corrected chi connectivity index (χ4v) is 2.23. The lowest BCUT2D eigenvalue weighted by Gasteiger charge is -2.22. The zero-order valence-electron chi connectivity index (χ0n) is 10.5. The number of rotatable bonds is 4. The van der Waals surface area contributed by atoms with E-state index in [1.807, 2.05) is 42.0 Å². The number of hydrogen-bond acceptors (Lipinski definition) is 3. The fourth-order valence-electron chi connectivity index (χ4n) is 1.70. The van der Waals surface area contributed by atoms with Gasteiger partial charge in [0.05, 0.1) is 12.1 Å². The fraction of sp³-hybridized carbons (Fsp3) is 0.200. The molecule has 0 aromatic heterocycles. The normalized spacial score (nSPS) is 11.4. The monoisotopic (exact) mass is 254 g/mol. The molecule has 0 atom stereocenters. The number of nitrogens with zero attached hydrogens (tertiary/aromatic N) is 2. The maximum absolute atomic E-state index is 9.42. The van der Waals surface area contributed by atoms with Crippen LogP contribution < -0.4 is 0 Å². The van der Waals surface area contributed by atoms with Gasteiger partial charge in [0.25, 0.3) is 0 Å². The van der Waals surface area contributed by atoms with E-state index in [-0.39, 0.29) is 0 Å². The smallest absolute Gasteiger partial charge is 0.190 e. The molecule has 1 aromatic rings. The zero-order valence-corrected chi connectivity index (χ0v) is 11.3. The molecule has 0 fully saturated rings. The number of thioether (sulfide) groups is 1. The highest BCUT2D eigenvalue weighted by atomic mass is 32.2. The highest BCUT2D eigenvalue weighted by Crippen LogP contribution is 2.39. The second-order valence-electron chi connectivity index (χ2n) is 3.85. The average Bonchev–Trinajstić information content (AvgIpc) is 2.42. The molecule has 3 heteroatoms. The van der Waals surface area contributed by atoms with Crippen molar-refractivity contribution in [2.45, 2.75) is 6.92 Å². The first-order chi connectivity index (χ1) is 8.62. The van der Waals surface area contributed by atoms with Crippen LogP contribution in [0.15, 0.2) is 47.9 Å². The van der Waals surface area contributed by atoms with E-state index in [0.717, 1.165) is 5.56 Å². The lowest BCUT2D eigenvalue weighted by Crippen LogP contribution is -2.19. The van der Waals surface area contributed by atoms with Crippen LogP contribution in [0.2, 0.25) is 0 Å². The summed E-state index contributed by atoms with van der Waals surface area (Å²) in [7, 11) is 0. The van der Waals surface area contributed by atoms with Crippen LogP contribution in [0.3, 0.4) is 0 Å². The van der Waals surface area contributed by atoms with Gasteiger partial charge in [0.2, 0.25) is 0 Å². The molecule has 0 heterocycles. The van der Waals surface area contributed by atoms with Crippen LogP contribution >= 0.6 is 11.8 Å². The number of hydrogen-bond donors (Lipinski definition) is 0.